The normalized spacial score (nSPS) is 12.6. The highest BCUT2D eigenvalue weighted by molar-refractivity contribution is 7.80. The van der Waals surface area contributed by atoms with Crippen LogP contribution in [0, 0.1) is 13.8 Å². The molecular formula is C22H26N2O4S2. The van der Waals surface area contributed by atoms with Crippen LogP contribution in [0.4, 0.5) is 5.00 Å². The van der Waals surface area contributed by atoms with Crippen LogP contribution in [-0.2, 0) is 22.4 Å². The van der Waals surface area contributed by atoms with Crippen molar-refractivity contribution in [2.45, 2.75) is 46.5 Å². The molecule has 0 saturated heterocycles. The molecule has 8 heteroatoms. The van der Waals surface area contributed by atoms with Gasteiger partial charge in [0.2, 0.25) is 0 Å². The Balaban J connectivity index is 1.64. The highest BCUT2D eigenvalue weighted by Crippen LogP contribution is 2.38. The minimum absolute atomic E-state index is 0.133. The summed E-state index contributed by atoms with van der Waals surface area (Å²) in [4.78, 5) is 26.0. The molecule has 1 heterocycles. The minimum atomic E-state index is -0.368. The van der Waals surface area contributed by atoms with Crippen LogP contribution in [-0.4, -0.2) is 30.2 Å². The smallest absolute Gasteiger partial charge is 0.341 e. The Morgan fingerprint density at radius 1 is 1.20 bits per heavy atom. The van der Waals surface area contributed by atoms with Gasteiger partial charge in [-0.05, 0) is 81.4 Å². The van der Waals surface area contributed by atoms with Gasteiger partial charge < -0.3 is 14.8 Å². The van der Waals surface area contributed by atoms with Crippen molar-refractivity contribution in [2.24, 2.45) is 0 Å². The van der Waals surface area contributed by atoms with Gasteiger partial charge in [0.15, 0.2) is 11.7 Å². The van der Waals surface area contributed by atoms with Crippen LogP contribution in [0.2, 0.25) is 0 Å². The van der Waals surface area contributed by atoms with Crippen molar-refractivity contribution in [3.05, 3.63) is 45.3 Å². The van der Waals surface area contributed by atoms with Crippen molar-refractivity contribution in [3.63, 3.8) is 0 Å². The molecular weight excluding hydrogens is 420 g/mol. The molecule has 0 atom stereocenters. The highest BCUT2D eigenvalue weighted by Gasteiger charge is 2.27. The quantitative estimate of drug-likeness (QED) is 0.509. The number of carbonyl (C=O) groups excluding carboxylic acids is 2. The van der Waals surface area contributed by atoms with Crippen LogP contribution in [0.5, 0.6) is 5.75 Å². The average Bonchev–Trinajstić information content (AvgIpc) is 3.06. The number of benzene rings is 1. The van der Waals surface area contributed by atoms with Crippen molar-refractivity contribution >= 4 is 45.5 Å². The fourth-order valence-corrected chi connectivity index (χ4v) is 4.94. The van der Waals surface area contributed by atoms with Crippen molar-refractivity contribution in [2.75, 3.05) is 18.5 Å². The fourth-order valence-electron chi connectivity index (χ4n) is 3.38. The average molecular weight is 447 g/mol. The predicted octanol–water partition coefficient (Wildman–Crippen LogP) is 4.31. The third kappa shape index (κ3) is 5.37. The van der Waals surface area contributed by atoms with Crippen molar-refractivity contribution in [3.8, 4) is 5.75 Å². The number of aryl methyl sites for hydroxylation is 3. The zero-order valence-electron chi connectivity index (χ0n) is 17.4. The molecule has 2 aromatic rings. The summed E-state index contributed by atoms with van der Waals surface area (Å²) in [6.07, 6.45) is 3.94. The number of amides is 1. The second kappa shape index (κ2) is 10.0. The number of anilines is 1. The van der Waals surface area contributed by atoms with Gasteiger partial charge in [-0.1, -0.05) is 12.1 Å². The molecule has 0 spiro atoms. The highest BCUT2D eigenvalue weighted by atomic mass is 32.1. The Kier molecular flexibility index (Phi) is 7.44. The van der Waals surface area contributed by atoms with E-state index in [2.05, 4.69) is 10.6 Å². The van der Waals surface area contributed by atoms with Crippen LogP contribution in [0.25, 0.3) is 0 Å². The van der Waals surface area contributed by atoms with E-state index in [0.29, 0.717) is 22.9 Å². The zero-order chi connectivity index (χ0) is 21.7. The van der Waals surface area contributed by atoms with E-state index in [1.807, 2.05) is 32.0 Å². The van der Waals surface area contributed by atoms with Gasteiger partial charge in [0.1, 0.15) is 10.8 Å². The van der Waals surface area contributed by atoms with Crippen LogP contribution in [0.1, 0.15) is 51.7 Å². The van der Waals surface area contributed by atoms with E-state index < -0.39 is 0 Å². The first-order chi connectivity index (χ1) is 14.4. The third-order valence-electron chi connectivity index (χ3n) is 4.83. The Bertz CT molecular complexity index is 968. The second-order valence-corrected chi connectivity index (χ2v) is 8.71. The van der Waals surface area contributed by atoms with Crippen molar-refractivity contribution < 1.29 is 19.1 Å². The van der Waals surface area contributed by atoms with Gasteiger partial charge in [0.05, 0.1) is 12.2 Å². The number of hydrogen-bond donors (Lipinski definition) is 2. The maximum Gasteiger partial charge on any atom is 0.341 e. The molecule has 1 aliphatic rings. The summed E-state index contributed by atoms with van der Waals surface area (Å²) in [5.41, 5.74) is 3.60. The van der Waals surface area contributed by atoms with E-state index >= 15 is 0 Å². The lowest BCUT2D eigenvalue weighted by Crippen LogP contribution is -2.37. The molecule has 1 amide bonds. The summed E-state index contributed by atoms with van der Waals surface area (Å²) in [6, 6.07) is 5.83. The minimum Gasteiger partial charge on any atom is -0.483 e. The maximum atomic E-state index is 12.5. The largest absolute Gasteiger partial charge is 0.483 e. The van der Waals surface area contributed by atoms with Crippen LogP contribution < -0.4 is 15.4 Å². The molecule has 0 saturated carbocycles. The summed E-state index contributed by atoms with van der Waals surface area (Å²) in [6.45, 7) is 5.82. The van der Waals surface area contributed by atoms with E-state index in [1.54, 1.807) is 6.92 Å². The van der Waals surface area contributed by atoms with Gasteiger partial charge in [0, 0.05) is 4.88 Å². The number of thiocarbonyl (C=S) groups is 1. The van der Waals surface area contributed by atoms with Crippen molar-refractivity contribution in [1.82, 2.24) is 5.32 Å². The molecule has 1 aromatic carbocycles. The number of carbonyl (C=O) groups is 2. The third-order valence-corrected chi connectivity index (χ3v) is 6.24. The maximum absolute atomic E-state index is 12.5. The van der Waals surface area contributed by atoms with E-state index in [9.17, 15) is 9.59 Å². The molecule has 0 aliphatic heterocycles. The first-order valence-corrected chi connectivity index (χ1v) is 11.2. The van der Waals surface area contributed by atoms with Crippen LogP contribution in [0.3, 0.4) is 0 Å². The van der Waals surface area contributed by atoms with Gasteiger partial charge in [-0.15, -0.1) is 11.3 Å². The first-order valence-electron chi connectivity index (χ1n) is 10.0. The summed E-state index contributed by atoms with van der Waals surface area (Å²) in [5.74, 6) is -0.0567. The number of fused-ring (bicyclic) bond motifs is 1. The molecule has 30 heavy (non-hydrogen) atoms. The van der Waals surface area contributed by atoms with Gasteiger partial charge in [-0.3, -0.25) is 10.1 Å². The summed E-state index contributed by atoms with van der Waals surface area (Å²) in [7, 11) is 0. The topological polar surface area (TPSA) is 76.7 Å². The lowest BCUT2D eigenvalue weighted by Gasteiger charge is -2.13. The Labute approximate surface area is 186 Å². The zero-order valence-corrected chi connectivity index (χ0v) is 19.1. The number of thiophene rings is 1. The second-order valence-electron chi connectivity index (χ2n) is 7.20. The van der Waals surface area contributed by atoms with Gasteiger partial charge in [-0.25, -0.2) is 4.79 Å². The molecule has 6 nitrogen and oxygen atoms in total. The molecule has 0 fully saturated rings. The number of esters is 1. The summed E-state index contributed by atoms with van der Waals surface area (Å²) >= 11 is 6.80. The summed E-state index contributed by atoms with van der Waals surface area (Å²) in [5, 5.41) is 6.40. The molecule has 160 valence electrons. The molecule has 3 rings (SSSR count). The van der Waals surface area contributed by atoms with Crippen LogP contribution in [0.15, 0.2) is 18.2 Å². The molecule has 0 bridgehead atoms. The lowest BCUT2D eigenvalue weighted by molar-refractivity contribution is -0.121. The standard InChI is InChI=1S/C22H26N2O4S2/c1-4-27-21(26)19-15-7-5-6-8-17(15)30-20(19)24-22(29)23-18(25)12-28-16-11-13(2)9-10-14(16)3/h9-11H,4-8,12H2,1-3H3,(H2,23,24,25,29). The molecule has 2 N–H and O–H groups in total. The first kappa shape index (κ1) is 22.2. The Morgan fingerprint density at radius 2 is 1.97 bits per heavy atom. The molecule has 0 unspecified atom stereocenters. The van der Waals surface area contributed by atoms with E-state index in [1.165, 1.54) is 16.2 Å². The predicted molar refractivity (Wildman–Crippen MR) is 123 cm³/mol. The van der Waals surface area contributed by atoms with Gasteiger partial charge in [-0.2, -0.15) is 0 Å². The number of rotatable bonds is 6. The fraction of sp³-hybridized carbons (Fsp3) is 0.409. The Morgan fingerprint density at radius 3 is 2.73 bits per heavy atom. The van der Waals surface area contributed by atoms with Gasteiger partial charge in [0.25, 0.3) is 5.91 Å². The number of nitrogens with one attached hydrogen (secondary N) is 2. The van der Waals surface area contributed by atoms with Crippen LogP contribution >= 0.6 is 23.6 Å². The Hall–Kier alpha value is -2.45. The van der Waals surface area contributed by atoms with E-state index in [4.69, 9.17) is 21.7 Å². The monoisotopic (exact) mass is 446 g/mol. The molecule has 1 aliphatic carbocycles. The van der Waals surface area contributed by atoms with Gasteiger partial charge >= 0.3 is 5.97 Å². The van der Waals surface area contributed by atoms with E-state index in [0.717, 1.165) is 42.4 Å². The molecule has 1 aromatic heterocycles. The lowest BCUT2D eigenvalue weighted by atomic mass is 9.95. The van der Waals surface area contributed by atoms with E-state index in [-0.39, 0.29) is 23.6 Å². The number of hydrogen-bond acceptors (Lipinski definition) is 6. The van der Waals surface area contributed by atoms with Crippen molar-refractivity contribution in [1.29, 1.82) is 0 Å². The number of ether oxygens (including phenoxy) is 2. The molecule has 0 radical (unpaired) electrons. The SMILES string of the molecule is CCOC(=O)c1c(NC(=S)NC(=O)COc2cc(C)ccc2C)sc2c1CCCC2. The summed E-state index contributed by atoms with van der Waals surface area (Å²) < 4.78 is 10.9.